The Morgan fingerprint density at radius 1 is 1.40 bits per heavy atom. The number of hydrogen-bond acceptors (Lipinski definition) is 1. The third-order valence-electron chi connectivity index (χ3n) is 1.99. The minimum Gasteiger partial charge on any atom is -0.629 e. The quantitative estimate of drug-likeness (QED) is 0.538. The molecule has 1 aliphatic rings. The first-order chi connectivity index (χ1) is 4.80. The van der Waals surface area contributed by atoms with E-state index in [0.29, 0.717) is 0 Å². The van der Waals surface area contributed by atoms with E-state index in [0.717, 1.165) is 18.5 Å². The smallest absolute Gasteiger partial charge is 0.103 e. The van der Waals surface area contributed by atoms with Gasteiger partial charge in [0.05, 0.1) is 7.05 Å². The molecule has 2 heteroatoms. The van der Waals surface area contributed by atoms with Crippen molar-refractivity contribution in [3.63, 3.8) is 0 Å². The average Bonchev–Trinajstić information content (AvgIpc) is 2.12. The van der Waals surface area contributed by atoms with E-state index in [9.17, 15) is 5.21 Å². The summed E-state index contributed by atoms with van der Waals surface area (Å²) < 4.78 is 0. The molecule has 0 bridgehead atoms. The normalized spacial score (nSPS) is 23.2. The molecule has 1 atom stereocenters. The van der Waals surface area contributed by atoms with Crippen molar-refractivity contribution < 1.29 is 5.06 Å². The van der Waals surface area contributed by atoms with Crippen molar-refractivity contribution in [2.75, 3.05) is 7.05 Å². The van der Waals surface area contributed by atoms with Gasteiger partial charge in [-0.05, 0) is 25.3 Å². The maximum Gasteiger partial charge on any atom is 0.103 e. The molecule has 1 N–H and O–H groups in total. The van der Waals surface area contributed by atoms with Gasteiger partial charge in [0, 0.05) is 6.42 Å². The summed E-state index contributed by atoms with van der Waals surface area (Å²) in [6.45, 7) is 0. The Hall–Kier alpha value is -0.340. The van der Waals surface area contributed by atoms with Crippen LogP contribution >= 0.6 is 0 Å². The Morgan fingerprint density at radius 2 is 2.20 bits per heavy atom. The van der Waals surface area contributed by atoms with Crippen LogP contribution < -0.4 is 5.06 Å². The van der Waals surface area contributed by atoms with Gasteiger partial charge in [0.25, 0.3) is 0 Å². The first-order valence-electron chi connectivity index (χ1n) is 4.00. The number of rotatable bonds is 1. The molecule has 0 aromatic carbocycles. The summed E-state index contributed by atoms with van der Waals surface area (Å²) >= 11 is 0. The molecule has 0 fully saturated rings. The molecular weight excluding hydrogens is 126 g/mol. The molecular formula is C8H15NO. The van der Waals surface area contributed by atoms with Crippen molar-refractivity contribution in [3.8, 4) is 0 Å². The fourth-order valence-corrected chi connectivity index (χ4v) is 1.33. The van der Waals surface area contributed by atoms with Gasteiger partial charge in [0.15, 0.2) is 0 Å². The maximum absolute atomic E-state index is 10.9. The SMILES string of the molecule is C[NH+]([O-])C1=CCCCCC1. The van der Waals surface area contributed by atoms with Crippen LogP contribution in [-0.2, 0) is 0 Å². The highest BCUT2D eigenvalue weighted by Crippen LogP contribution is 2.12. The molecule has 10 heavy (non-hydrogen) atoms. The molecule has 58 valence electrons. The van der Waals surface area contributed by atoms with Crippen LogP contribution in [0, 0.1) is 5.21 Å². The van der Waals surface area contributed by atoms with Crippen molar-refractivity contribution in [2.45, 2.75) is 32.1 Å². The van der Waals surface area contributed by atoms with Crippen LogP contribution in [0.1, 0.15) is 32.1 Å². The van der Waals surface area contributed by atoms with Gasteiger partial charge in [-0.1, -0.05) is 6.42 Å². The van der Waals surface area contributed by atoms with E-state index >= 15 is 0 Å². The van der Waals surface area contributed by atoms with Crippen LogP contribution in [0.2, 0.25) is 0 Å². The summed E-state index contributed by atoms with van der Waals surface area (Å²) in [5.41, 5.74) is 1.05. The van der Waals surface area contributed by atoms with E-state index in [1.54, 1.807) is 7.05 Å². The molecule has 1 aliphatic carbocycles. The Labute approximate surface area is 62.1 Å². The molecule has 0 radical (unpaired) electrons. The van der Waals surface area contributed by atoms with E-state index in [1.807, 2.05) is 0 Å². The predicted octanol–water partition coefficient (Wildman–Crippen LogP) is 0.847. The highest BCUT2D eigenvalue weighted by molar-refractivity contribution is 4.93. The molecule has 0 saturated heterocycles. The Kier molecular flexibility index (Phi) is 2.90. The van der Waals surface area contributed by atoms with Crippen LogP contribution in [0.15, 0.2) is 11.8 Å². The van der Waals surface area contributed by atoms with Crippen molar-refractivity contribution in [1.29, 1.82) is 0 Å². The fraction of sp³-hybridized carbons (Fsp3) is 0.750. The van der Waals surface area contributed by atoms with E-state index in [-0.39, 0.29) is 5.06 Å². The van der Waals surface area contributed by atoms with Gasteiger partial charge in [-0.15, -0.1) is 0 Å². The average molecular weight is 141 g/mol. The van der Waals surface area contributed by atoms with E-state index in [4.69, 9.17) is 0 Å². The van der Waals surface area contributed by atoms with Gasteiger partial charge >= 0.3 is 0 Å². The lowest BCUT2D eigenvalue weighted by atomic mass is 10.2. The Balaban J connectivity index is 2.46. The van der Waals surface area contributed by atoms with Gasteiger partial charge in [-0.25, -0.2) is 0 Å². The summed E-state index contributed by atoms with van der Waals surface area (Å²) in [7, 11) is 1.66. The van der Waals surface area contributed by atoms with Crippen molar-refractivity contribution in [3.05, 3.63) is 17.0 Å². The van der Waals surface area contributed by atoms with Crippen LogP contribution in [0.5, 0.6) is 0 Å². The first-order valence-corrected chi connectivity index (χ1v) is 4.00. The molecule has 0 aromatic rings. The van der Waals surface area contributed by atoms with Gasteiger partial charge < -0.3 is 10.3 Å². The highest BCUT2D eigenvalue weighted by Gasteiger charge is 2.05. The van der Waals surface area contributed by atoms with Crippen molar-refractivity contribution in [2.24, 2.45) is 0 Å². The third-order valence-corrected chi connectivity index (χ3v) is 1.99. The molecule has 0 saturated carbocycles. The summed E-state index contributed by atoms with van der Waals surface area (Å²) in [6.07, 6.45) is 7.97. The summed E-state index contributed by atoms with van der Waals surface area (Å²) in [6, 6.07) is 0. The van der Waals surface area contributed by atoms with E-state index < -0.39 is 0 Å². The fourth-order valence-electron chi connectivity index (χ4n) is 1.33. The predicted molar refractivity (Wildman–Crippen MR) is 41.4 cm³/mol. The van der Waals surface area contributed by atoms with Gasteiger partial charge in [0.2, 0.25) is 0 Å². The topological polar surface area (TPSA) is 27.5 Å². The second kappa shape index (κ2) is 3.74. The lowest BCUT2D eigenvalue weighted by Gasteiger charge is -2.18. The molecule has 1 rings (SSSR count). The Bertz CT molecular complexity index is 129. The zero-order chi connectivity index (χ0) is 7.40. The van der Waals surface area contributed by atoms with Gasteiger partial charge in [-0.3, -0.25) is 0 Å². The first kappa shape index (κ1) is 7.76. The minimum atomic E-state index is 0.266. The summed E-state index contributed by atoms with van der Waals surface area (Å²) in [5, 5.41) is 11.1. The van der Waals surface area contributed by atoms with Crippen LogP contribution in [-0.4, -0.2) is 7.05 Å². The zero-order valence-electron chi connectivity index (χ0n) is 6.52. The molecule has 0 aliphatic heterocycles. The van der Waals surface area contributed by atoms with Crippen LogP contribution in [0.4, 0.5) is 0 Å². The number of hydrogen-bond donors (Lipinski definition) is 1. The standard InChI is InChI=1S/C8H15NO/c1-9(10)8-6-4-2-3-5-7-8/h6,9H,2-5,7H2,1H3. The Morgan fingerprint density at radius 3 is 2.90 bits per heavy atom. The maximum atomic E-state index is 10.9. The monoisotopic (exact) mass is 141 g/mol. The number of nitrogens with one attached hydrogen (secondary N) is 1. The van der Waals surface area contributed by atoms with Crippen molar-refractivity contribution in [1.82, 2.24) is 0 Å². The van der Waals surface area contributed by atoms with Crippen LogP contribution in [0.3, 0.4) is 0 Å². The third kappa shape index (κ3) is 2.12. The molecule has 1 unspecified atom stereocenters. The lowest BCUT2D eigenvalue weighted by molar-refractivity contribution is -0.784. The second-order valence-corrected chi connectivity index (χ2v) is 2.88. The van der Waals surface area contributed by atoms with Gasteiger partial charge in [-0.2, -0.15) is 0 Å². The number of quaternary nitrogens is 1. The molecule has 0 spiro atoms. The highest BCUT2D eigenvalue weighted by atomic mass is 16.5. The number of allylic oxidation sites excluding steroid dienone is 2. The lowest BCUT2D eigenvalue weighted by Crippen LogP contribution is -3.01. The molecule has 0 amide bonds. The van der Waals surface area contributed by atoms with E-state index in [2.05, 4.69) is 6.08 Å². The molecule has 0 aromatic heterocycles. The molecule has 2 nitrogen and oxygen atoms in total. The van der Waals surface area contributed by atoms with Crippen molar-refractivity contribution >= 4 is 0 Å². The summed E-state index contributed by atoms with van der Waals surface area (Å²) in [5.74, 6) is 0. The minimum absolute atomic E-state index is 0.266. The summed E-state index contributed by atoms with van der Waals surface area (Å²) in [4.78, 5) is 0. The zero-order valence-corrected chi connectivity index (χ0v) is 6.52. The van der Waals surface area contributed by atoms with Gasteiger partial charge in [0.1, 0.15) is 5.70 Å². The second-order valence-electron chi connectivity index (χ2n) is 2.88. The molecule has 0 heterocycles. The largest absolute Gasteiger partial charge is 0.629 e. The van der Waals surface area contributed by atoms with E-state index in [1.165, 1.54) is 19.3 Å². The van der Waals surface area contributed by atoms with Crippen LogP contribution in [0.25, 0.3) is 0 Å². The number of hydroxylamine groups is 2.